The summed E-state index contributed by atoms with van der Waals surface area (Å²) >= 11 is 0. The van der Waals surface area contributed by atoms with Crippen molar-refractivity contribution in [2.75, 3.05) is 17.3 Å². The number of anilines is 2. The van der Waals surface area contributed by atoms with E-state index in [0.29, 0.717) is 5.69 Å². The molecule has 0 amide bonds. The zero-order valence-corrected chi connectivity index (χ0v) is 12.0. The van der Waals surface area contributed by atoms with E-state index in [1.165, 1.54) is 12.1 Å². The molecule has 2 aromatic carbocycles. The lowest BCUT2D eigenvalue weighted by atomic mass is 10.2. The van der Waals surface area contributed by atoms with Crippen LogP contribution >= 0.6 is 0 Å². The number of nitrogen functional groups attached to an aromatic ring is 1. The van der Waals surface area contributed by atoms with Crippen LogP contribution in [-0.2, 0) is 16.4 Å². The van der Waals surface area contributed by atoms with Crippen LogP contribution in [0, 0.1) is 11.6 Å². The molecule has 4 nitrogen and oxygen atoms in total. The summed E-state index contributed by atoms with van der Waals surface area (Å²) in [7, 11) is -3.45. The maximum absolute atomic E-state index is 13.5. The third-order valence-corrected chi connectivity index (χ3v) is 4.10. The molecule has 112 valence electrons. The number of nitrogens with one attached hydrogen (secondary N) is 1. The molecular formula is C14H14F2N2O2S. The largest absolute Gasteiger partial charge is 0.396 e. The molecule has 0 heterocycles. The summed E-state index contributed by atoms with van der Waals surface area (Å²) in [5, 5.41) is 2.81. The first-order valence-electron chi connectivity index (χ1n) is 6.05. The Morgan fingerprint density at radius 3 is 2.57 bits per heavy atom. The maximum Gasteiger partial charge on any atom is 0.177 e. The molecule has 0 aliphatic carbocycles. The molecule has 0 aliphatic heterocycles. The summed E-state index contributed by atoms with van der Waals surface area (Å²) < 4.78 is 49.7. The van der Waals surface area contributed by atoms with Crippen molar-refractivity contribution in [3.05, 3.63) is 53.6 Å². The smallest absolute Gasteiger partial charge is 0.177 e. The second-order valence-electron chi connectivity index (χ2n) is 4.58. The molecule has 0 saturated heterocycles. The topological polar surface area (TPSA) is 72.2 Å². The number of rotatable bonds is 4. The highest BCUT2D eigenvalue weighted by molar-refractivity contribution is 7.90. The Morgan fingerprint density at radius 1 is 1.19 bits per heavy atom. The molecule has 2 aromatic rings. The van der Waals surface area contributed by atoms with Gasteiger partial charge >= 0.3 is 0 Å². The van der Waals surface area contributed by atoms with Gasteiger partial charge in [-0.3, -0.25) is 0 Å². The van der Waals surface area contributed by atoms with Gasteiger partial charge < -0.3 is 11.1 Å². The van der Waals surface area contributed by atoms with E-state index in [1.807, 2.05) is 0 Å². The Bertz CT molecular complexity index is 777. The molecular weight excluding hydrogens is 298 g/mol. The molecule has 0 bridgehead atoms. The third-order valence-electron chi connectivity index (χ3n) is 2.94. The highest BCUT2D eigenvalue weighted by atomic mass is 32.2. The summed E-state index contributed by atoms with van der Waals surface area (Å²) in [6.07, 6.45) is 1.05. The van der Waals surface area contributed by atoms with Gasteiger partial charge in [0.25, 0.3) is 0 Å². The van der Waals surface area contributed by atoms with Crippen LogP contribution in [0.2, 0.25) is 0 Å². The molecule has 0 aliphatic rings. The number of sulfone groups is 1. The van der Waals surface area contributed by atoms with Crippen LogP contribution in [0.4, 0.5) is 20.2 Å². The Labute approximate surface area is 121 Å². The number of hydrogen-bond donors (Lipinski definition) is 2. The molecule has 0 unspecified atom stereocenters. The van der Waals surface area contributed by atoms with Crippen LogP contribution in [0.15, 0.2) is 41.3 Å². The van der Waals surface area contributed by atoms with Crippen molar-refractivity contribution < 1.29 is 17.2 Å². The zero-order chi connectivity index (χ0) is 15.6. The lowest BCUT2D eigenvalue weighted by Gasteiger charge is -2.12. The van der Waals surface area contributed by atoms with E-state index in [1.54, 1.807) is 6.07 Å². The van der Waals surface area contributed by atoms with Gasteiger partial charge in [0.05, 0.1) is 16.3 Å². The predicted octanol–water partition coefficient (Wildman–Crippen LogP) is 2.56. The van der Waals surface area contributed by atoms with E-state index in [2.05, 4.69) is 5.32 Å². The Kier molecular flexibility index (Phi) is 4.13. The molecule has 7 heteroatoms. The molecule has 21 heavy (non-hydrogen) atoms. The quantitative estimate of drug-likeness (QED) is 0.851. The molecule has 3 N–H and O–H groups in total. The number of benzene rings is 2. The van der Waals surface area contributed by atoms with E-state index in [4.69, 9.17) is 5.73 Å². The van der Waals surface area contributed by atoms with Crippen molar-refractivity contribution >= 4 is 21.2 Å². The molecule has 0 radical (unpaired) electrons. The van der Waals surface area contributed by atoms with Crippen LogP contribution in [-0.4, -0.2) is 14.7 Å². The normalized spacial score (nSPS) is 11.4. The third kappa shape index (κ3) is 3.49. The van der Waals surface area contributed by atoms with E-state index in [-0.39, 0.29) is 22.7 Å². The van der Waals surface area contributed by atoms with Crippen LogP contribution in [0.3, 0.4) is 0 Å². The average Bonchev–Trinajstić information content (AvgIpc) is 2.40. The highest BCUT2D eigenvalue weighted by Crippen LogP contribution is 2.27. The molecule has 0 aromatic heterocycles. The monoisotopic (exact) mass is 312 g/mol. The van der Waals surface area contributed by atoms with Crippen molar-refractivity contribution in [1.29, 1.82) is 0 Å². The van der Waals surface area contributed by atoms with Crippen molar-refractivity contribution in [1.82, 2.24) is 0 Å². The number of nitrogens with two attached hydrogens (primary N) is 1. The summed E-state index contributed by atoms with van der Waals surface area (Å²) in [4.78, 5) is -0.00721. The van der Waals surface area contributed by atoms with Crippen LogP contribution < -0.4 is 11.1 Å². The first kappa shape index (κ1) is 15.2. The van der Waals surface area contributed by atoms with E-state index in [9.17, 15) is 17.2 Å². The Balaban J connectivity index is 2.27. The van der Waals surface area contributed by atoms with E-state index >= 15 is 0 Å². The van der Waals surface area contributed by atoms with Crippen LogP contribution in [0.5, 0.6) is 0 Å². The molecule has 0 spiro atoms. The Hall–Kier alpha value is -2.15. The predicted molar refractivity (Wildman–Crippen MR) is 77.6 cm³/mol. The maximum atomic E-state index is 13.5. The van der Waals surface area contributed by atoms with Crippen molar-refractivity contribution in [3.63, 3.8) is 0 Å². The summed E-state index contributed by atoms with van der Waals surface area (Å²) in [5.74, 6) is -1.10. The summed E-state index contributed by atoms with van der Waals surface area (Å²) in [6.45, 7) is -0.0129. The minimum atomic E-state index is -3.45. The minimum absolute atomic E-state index is 0.00721. The Morgan fingerprint density at radius 2 is 1.90 bits per heavy atom. The van der Waals surface area contributed by atoms with Gasteiger partial charge in [-0.05, 0) is 30.3 Å². The standard InChI is InChI=1S/C14H14F2N2O2S/c1-21(19,20)13-4-2-3-12(14(13)17)18-8-9-7-10(15)5-6-11(9)16/h2-7,18H,8,17H2,1H3. The van der Waals surface area contributed by atoms with E-state index in [0.717, 1.165) is 24.5 Å². The van der Waals surface area contributed by atoms with Gasteiger partial charge in [-0.15, -0.1) is 0 Å². The molecule has 0 atom stereocenters. The second kappa shape index (κ2) is 5.69. The fraction of sp³-hybridized carbons (Fsp3) is 0.143. The van der Waals surface area contributed by atoms with Gasteiger partial charge in [0.2, 0.25) is 0 Å². The van der Waals surface area contributed by atoms with Crippen molar-refractivity contribution in [2.45, 2.75) is 11.4 Å². The average molecular weight is 312 g/mol. The SMILES string of the molecule is CS(=O)(=O)c1cccc(NCc2cc(F)ccc2F)c1N. The van der Waals surface area contributed by atoms with Gasteiger partial charge in [-0.1, -0.05) is 6.07 Å². The number of para-hydroxylation sites is 1. The van der Waals surface area contributed by atoms with Gasteiger partial charge in [-0.2, -0.15) is 0 Å². The van der Waals surface area contributed by atoms with Crippen molar-refractivity contribution in [2.24, 2.45) is 0 Å². The van der Waals surface area contributed by atoms with E-state index < -0.39 is 21.5 Å². The highest BCUT2D eigenvalue weighted by Gasteiger charge is 2.14. The van der Waals surface area contributed by atoms with Crippen LogP contribution in [0.1, 0.15) is 5.56 Å². The lowest BCUT2D eigenvalue weighted by Crippen LogP contribution is -2.08. The van der Waals surface area contributed by atoms with Crippen LogP contribution in [0.25, 0.3) is 0 Å². The molecule has 2 rings (SSSR count). The number of hydrogen-bond acceptors (Lipinski definition) is 4. The lowest BCUT2D eigenvalue weighted by molar-refractivity contribution is 0.587. The van der Waals surface area contributed by atoms with Gasteiger partial charge in [0.1, 0.15) is 11.6 Å². The number of halogens is 2. The first-order chi connectivity index (χ1) is 9.79. The minimum Gasteiger partial charge on any atom is -0.396 e. The summed E-state index contributed by atoms with van der Waals surface area (Å²) in [6, 6.07) is 7.61. The van der Waals surface area contributed by atoms with Gasteiger partial charge in [-0.25, -0.2) is 17.2 Å². The fourth-order valence-electron chi connectivity index (χ4n) is 1.89. The fourth-order valence-corrected chi connectivity index (χ4v) is 2.73. The van der Waals surface area contributed by atoms with Crippen molar-refractivity contribution in [3.8, 4) is 0 Å². The molecule has 0 saturated carbocycles. The molecule has 0 fully saturated rings. The van der Waals surface area contributed by atoms with Gasteiger partial charge in [0.15, 0.2) is 9.84 Å². The first-order valence-corrected chi connectivity index (χ1v) is 7.94. The summed E-state index contributed by atoms with van der Waals surface area (Å²) in [5.41, 5.74) is 6.32. The van der Waals surface area contributed by atoms with Gasteiger partial charge in [0, 0.05) is 18.4 Å². The zero-order valence-electron chi connectivity index (χ0n) is 11.2. The second-order valence-corrected chi connectivity index (χ2v) is 6.56.